The molecule has 0 atom stereocenters. The van der Waals surface area contributed by atoms with Crippen molar-refractivity contribution in [2.75, 3.05) is 32.0 Å². The summed E-state index contributed by atoms with van der Waals surface area (Å²) >= 11 is 6.56. The number of ether oxygens (including phenoxy) is 1. The smallest absolute Gasteiger partial charge is 0.244 e. The molecule has 1 aliphatic heterocycles. The highest BCUT2D eigenvalue weighted by molar-refractivity contribution is 6.35. The molecule has 0 aliphatic carbocycles. The molecule has 0 unspecified atom stereocenters. The number of benzene rings is 3. The number of hydrogen-bond donors (Lipinski definition) is 2. The van der Waals surface area contributed by atoms with Gasteiger partial charge in [-0.15, -0.1) is 0 Å². The van der Waals surface area contributed by atoms with Crippen LogP contribution >= 0.6 is 11.6 Å². The molecule has 4 aromatic rings. The highest BCUT2D eigenvalue weighted by Crippen LogP contribution is 2.33. The Hall–Kier alpha value is -3.58. The van der Waals surface area contributed by atoms with Crippen LogP contribution < -0.4 is 11.1 Å². The van der Waals surface area contributed by atoms with Gasteiger partial charge in [-0.2, -0.15) is 0 Å². The maximum absolute atomic E-state index is 12.2. The average molecular weight is 502 g/mol. The SMILES string of the molecule is Nc1ccc(C=CC(=O)NCc2cc3cc(-c4ccc(CN5CCOCC5)cc4)cc(Cl)c3o2)cc1. The second kappa shape index (κ2) is 11.0. The molecule has 6 nitrogen and oxygen atoms in total. The molecular weight excluding hydrogens is 474 g/mol. The number of anilines is 1. The lowest BCUT2D eigenvalue weighted by atomic mass is 10.0. The molecule has 3 N–H and O–H groups in total. The summed E-state index contributed by atoms with van der Waals surface area (Å²) in [5.74, 6) is 0.426. The fourth-order valence-electron chi connectivity index (χ4n) is 4.25. The first-order valence-corrected chi connectivity index (χ1v) is 12.3. The van der Waals surface area contributed by atoms with Crippen LogP contribution in [0.5, 0.6) is 0 Å². The summed E-state index contributed by atoms with van der Waals surface area (Å²) in [5.41, 5.74) is 11.3. The quantitative estimate of drug-likeness (QED) is 0.258. The Morgan fingerprint density at radius 1 is 1.00 bits per heavy atom. The number of carbonyl (C=O) groups is 1. The number of halogens is 1. The van der Waals surface area contributed by atoms with Crippen LogP contribution in [0, 0.1) is 0 Å². The molecule has 3 aromatic carbocycles. The van der Waals surface area contributed by atoms with Gasteiger partial charge in [0.15, 0.2) is 5.58 Å². The summed E-state index contributed by atoms with van der Waals surface area (Å²) in [6.45, 7) is 4.73. The maximum Gasteiger partial charge on any atom is 0.244 e. The number of rotatable bonds is 7. The van der Waals surface area contributed by atoms with Crippen molar-refractivity contribution in [2.24, 2.45) is 0 Å². The number of nitrogens with two attached hydrogens (primary N) is 1. The minimum Gasteiger partial charge on any atom is -0.458 e. The van der Waals surface area contributed by atoms with E-state index in [9.17, 15) is 4.79 Å². The van der Waals surface area contributed by atoms with Crippen LogP contribution in [0.4, 0.5) is 5.69 Å². The number of nitrogens with one attached hydrogen (secondary N) is 1. The second-order valence-corrected chi connectivity index (χ2v) is 9.30. The van der Waals surface area contributed by atoms with E-state index in [1.807, 2.05) is 24.3 Å². The minimum absolute atomic E-state index is 0.212. The summed E-state index contributed by atoms with van der Waals surface area (Å²) in [6, 6.07) is 21.8. The van der Waals surface area contributed by atoms with Crippen LogP contribution in [-0.4, -0.2) is 37.1 Å². The van der Waals surface area contributed by atoms with Gasteiger partial charge in [0.2, 0.25) is 5.91 Å². The van der Waals surface area contributed by atoms with E-state index < -0.39 is 0 Å². The van der Waals surface area contributed by atoms with Crippen LogP contribution in [0.15, 0.2) is 77.2 Å². The summed E-state index contributed by atoms with van der Waals surface area (Å²) in [4.78, 5) is 14.6. The fraction of sp³-hybridized carbons (Fsp3) is 0.207. The molecule has 1 fully saturated rings. The molecule has 0 bridgehead atoms. The number of nitrogen functional groups attached to an aromatic ring is 1. The predicted molar refractivity (Wildman–Crippen MR) is 144 cm³/mol. The van der Waals surface area contributed by atoms with E-state index in [2.05, 4.69) is 40.5 Å². The van der Waals surface area contributed by atoms with Crippen molar-refractivity contribution in [3.8, 4) is 11.1 Å². The average Bonchev–Trinajstić information content (AvgIpc) is 3.32. The zero-order valence-corrected chi connectivity index (χ0v) is 20.6. The van der Waals surface area contributed by atoms with Gasteiger partial charge in [-0.1, -0.05) is 48.0 Å². The zero-order valence-electron chi connectivity index (χ0n) is 19.9. The third-order valence-corrected chi connectivity index (χ3v) is 6.50. The van der Waals surface area contributed by atoms with Crippen LogP contribution in [0.2, 0.25) is 5.02 Å². The van der Waals surface area contributed by atoms with Gasteiger partial charge >= 0.3 is 0 Å². The largest absolute Gasteiger partial charge is 0.458 e. The molecule has 1 aliphatic rings. The van der Waals surface area contributed by atoms with Crippen molar-refractivity contribution in [3.63, 3.8) is 0 Å². The van der Waals surface area contributed by atoms with Crippen molar-refractivity contribution in [1.29, 1.82) is 0 Å². The number of nitrogens with zero attached hydrogens (tertiary/aromatic N) is 1. The second-order valence-electron chi connectivity index (χ2n) is 8.89. The summed E-state index contributed by atoms with van der Waals surface area (Å²) in [6.07, 6.45) is 3.23. The van der Waals surface area contributed by atoms with Gasteiger partial charge in [0.05, 0.1) is 24.8 Å². The van der Waals surface area contributed by atoms with Gasteiger partial charge in [0.25, 0.3) is 0 Å². The van der Waals surface area contributed by atoms with Crippen LogP contribution in [0.25, 0.3) is 28.2 Å². The van der Waals surface area contributed by atoms with E-state index in [1.54, 1.807) is 18.2 Å². The number of hydrogen-bond acceptors (Lipinski definition) is 5. The van der Waals surface area contributed by atoms with Crippen LogP contribution in [0.1, 0.15) is 16.9 Å². The number of fused-ring (bicyclic) bond motifs is 1. The Kier molecular flexibility index (Phi) is 7.37. The van der Waals surface area contributed by atoms with E-state index >= 15 is 0 Å². The van der Waals surface area contributed by atoms with Crippen LogP contribution in [0.3, 0.4) is 0 Å². The first-order valence-electron chi connectivity index (χ1n) is 12.0. The van der Waals surface area contributed by atoms with Gasteiger partial charge in [0.1, 0.15) is 5.76 Å². The Morgan fingerprint density at radius 2 is 1.75 bits per heavy atom. The molecule has 1 aromatic heterocycles. The molecule has 2 heterocycles. The lowest BCUT2D eigenvalue weighted by Crippen LogP contribution is -2.35. The van der Waals surface area contributed by atoms with Crippen molar-refractivity contribution >= 4 is 40.2 Å². The zero-order chi connectivity index (χ0) is 24.9. The minimum atomic E-state index is -0.212. The monoisotopic (exact) mass is 501 g/mol. The van der Waals surface area contributed by atoms with E-state index in [-0.39, 0.29) is 12.5 Å². The highest BCUT2D eigenvalue weighted by Gasteiger charge is 2.13. The van der Waals surface area contributed by atoms with Crippen LogP contribution in [-0.2, 0) is 22.6 Å². The summed E-state index contributed by atoms with van der Waals surface area (Å²) < 4.78 is 11.4. The first kappa shape index (κ1) is 24.1. The lowest BCUT2D eigenvalue weighted by Gasteiger charge is -2.26. The number of morpholine rings is 1. The predicted octanol–water partition coefficient (Wildman–Crippen LogP) is 5.50. The third-order valence-electron chi connectivity index (χ3n) is 6.22. The Bertz CT molecular complexity index is 1370. The number of carbonyl (C=O) groups excluding carboxylic acids is 1. The standard InChI is InChI=1S/C29H28ClN3O3/c30-27-17-23(22-6-1-21(2-7-22)19-33-11-13-35-14-12-33)15-24-16-26(36-29(24)27)18-32-28(34)10-5-20-3-8-25(31)9-4-20/h1-10,15-17H,11-14,18-19,31H2,(H,32,34). The van der Waals surface area contributed by atoms with Crippen molar-refractivity contribution in [3.05, 3.63) is 94.7 Å². The molecule has 36 heavy (non-hydrogen) atoms. The molecule has 1 saturated heterocycles. The Morgan fingerprint density at radius 3 is 2.50 bits per heavy atom. The Balaban J connectivity index is 1.24. The van der Waals surface area contributed by atoms with Gasteiger partial charge in [0, 0.05) is 36.8 Å². The molecule has 0 radical (unpaired) electrons. The fourth-order valence-corrected chi connectivity index (χ4v) is 4.51. The van der Waals surface area contributed by atoms with E-state index in [4.69, 9.17) is 26.5 Å². The summed E-state index contributed by atoms with van der Waals surface area (Å²) in [7, 11) is 0. The molecule has 7 heteroatoms. The molecule has 184 valence electrons. The third kappa shape index (κ3) is 5.97. The first-order chi connectivity index (χ1) is 17.5. The van der Waals surface area contributed by atoms with E-state index in [0.717, 1.165) is 54.9 Å². The van der Waals surface area contributed by atoms with E-state index in [0.29, 0.717) is 22.1 Å². The maximum atomic E-state index is 12.2. The van der Waals surface area contributed by atoms with E-state index in [1.165, 1.54) is 11.6 Å². The molecule has 0 spiro atoms. The molecule has 5 rings (SSSR count). The molecular formula is C29H28ClN3O3. The normalized spacial score (nSPS) is 14.5. The van der Waals surface area contributed by atoms with Crippen molar-refractivity contribution < 1.29 is 13.9 Å². The van der Waals surface area contributed by atoms with Crippen molar-refractivity contribution in [2.45, 2.75) is 13.1 Å². The van der Waals surface area contributed by atoms with Gasteiger partial charge in [-0.3, -0.25) is 9.69 Å². The van der Waals surface area contributed by atoms with Gasteiger partial charge < -0.3 is 20.2 Å². The molecule has 1 amide bonds. The number of amides is 1. The number of furan rings is 1. The highest BCUT2D eigenvalue weighted by atomic mass is 35.5. The molecule has 0 saturated carbocycles. The lowest BCUT2D eigenvalue weighted by molar-refractivity contribution is -0.116. The summed E-state index contributed by atoms with van der Waals surface area (Å²) in [5, 5.41) is 4.29. The topological polar surface area (TPSA) is 80.7 Å². The Labute approximate surface area is 215 Å². The van der Waals surface area contributed by atoms with Gasteiger partial charge in [-0.25, -0.2) is 0 Å². The van der Waals surface area contributed by atoms with Gasteiger partial charge in [-0.05, 0) is 58.7 Å². The van der Waals surface area contributed by atoms with Crippen molar-refractivity contribution in [1.82, 2.24) is 10.2 Å².